The van der Waals surface area contributed by atoms with Crippen LogP contribution in [0.5, 0.6) is 0 Å². The van der Waals surface area contributed by atoms with Crippen molar-refractivity contribution < 1.29 is 23.9 Å². The Morgan fingerprint density at radius 2 is 2.00 bits per heavy atom. The summed E-state index contributed by atoms with van der Waals surface area (Å²) >= 11 is 0. The fraction of sp³-hybridized carbons (Fsp3) is 0.512. The fourth-order valence-corrected chi connectivity index (χ4v) is 8.93. The molecule has 7 N–H and O–H groups in total. The monoisotopic (exact) mass is 723 g/mol. The van der Waals surface area contributed by atoms with Gasteiger partial charge in [0.2, 0.25) is 5.78 Å². The maximum Gasteiger partial charge on any atom is 0.350 e. The minimum Gasteiger partial charge on any atom is -0.463 e. The zero-order valence-corrected chi connectivity index (χ0v) is 31.2. The molecule has 12 nitrogen and oxygen atoms in total. The lowest BCUT2D eigenvalue weighted by Gasteiger charge is -2.36. The molecular weight excluding hydrogens is 670 g/mol. The van der Waals surface area contributed by atoms with Crippen LogP contribution in [0.4, 0.5) is 0 Å². The van der Waals surface area contributed by atoms with Gasteiger partial charge in [-0.2, -0.15) is 0 Å². The number of hydrogen-bond donors (Lipinski definition) is 6. The Hall–Kier alpha value is -4.52. The first-order valence-corrected chi connectivity index (χ1v) is 19.1. The van der Waals surface area contributed by atoms with Crippen LogP contribution in [0.2, 0.25) is 0 Å². The van der Waals surface area contributed by atoms with E-state index in [-0.39, 0.29) is 54.1 Å². The van der Waals surface area contributed by atoms with Crippen molar-refractivity contribution in [2.75, 3.05) is 33.8 Å². The van der Waals surface area contributed by atoms with Gasteiger partial charge in [0, 0.05) is 43.1 Å². The summed E-state index contributed by atoms with van der Waals surface area (Å²) < 4.78 is 12.3. The third-order valence-electron chi connectivity index (χ3n) is 11.8. The van der Waals surface area contributed by atoms with E-state index in [1.165, 1.54) is 11.1 Å². The molecule has 1 saturated heterocycles. The predicted molar refractivity (Wildman–Crippen MR) is 204 cm³/mol. The molecule has 3 aliphatic heterocycles. The van der Waals surface area contributed by atoms with Gasteiger partial charge in [-0.25, -0.2) is 4.79 Å². The van der Waals surface area contributed by atoms with Crippen LogP contribution < -0.4 is 32.3 Å². The van der Waals surface area contributed by atoms with E-state index in [1.807, 2.05) is 20.0 Å². The number of ketones is 2. The predicted octanol–water partition coefficient (Wildman–Crippen LogP) is 3.31. The van der Waals surface area contributed by atoms with Crippen molar-refractivity contribution in [3.8, 4) is 0 Å². The van der Waals surface area contributed by atoms with Gasteiger partial charge in [0.05, 0.1) is 18.8 Å². The zero-order chi connectivity index (χ0) is 37.3. The van der Waals surface area contributed by atoms with Crippen LogP contribution in [0.3, 0.4) is 0 Å². The molecule has 3 heterocycles. The number of esters is 1. The molecule has 1 aromatic carbocycles. The Kier molecular flexibility index (Phi) is 10.5. The molecule has 7 rings (SSSR count). The fourth-order valence-electron chi connectivity index (χ4n) is 8.93. The van der Waals surface area contributed by atoms with Crippen LogP contribution in [-0.4, -0.2) is 86.7 Å². The van der Waals surface area contributed by atoms with Crippen molar-refractivity contribution in [3.63, 3.8) is 0 Å². The Labute approximate surface area is 311 Å². The molecule has 12 heteroatoms. The number of rotatable bonds is 12. The summed E-state index contributed by atoms with van der Waals surface area (Å²) in [6.07, 6.45) is 16.3. The topological polar surface area (TPSA) is 171 Å². The number of likely N-dealkylation sites (N-methyl/N-ethyl adjacent to an activating group) is 1. The number of carbonyl (C=O) groups is 3. The SMILES string of the molecule is CCN[C@@H]1C=C2C=CCC[C@H]2C[C@H]1COC(=O)[C@]12O[C@@]1(C/C=C(\C)C[C@@H](NC(N)=NC)C1=CCNC3=C1CC[C@H](NC)N3)C(=O)c1ccccc1C2=O. The van der Waals surface area contributed by atoms with Crippen LogP contribution in [0.1, 0.15) is 79.5 Å². The largest absolute Gasteiger partial charge is 0.463 e. The molecule has 1 fully saturated rings. The second-order valence-corrected chi connectivity index (χ2v) is 15.0. The number of nitrogens with two attached hydrogens (primary N) is 1. The van der Waals surface area contributed by atoms with Crippen molar-refractivity contribution >= 4 is 23.5 Å². The number of aliphatic imine (C=N–C) groups is 1. The van der Waals surface area contributed by atoms with Crippen LogP contribution in [-0.2, 0) is 14.3 Å². The molecule has 0 spiro atoms. The van der Waals surface area contributed by atoms with E-state index in [0.29, 0.717) is 24.8 Å². The second-order valence-electron chi connectivity index (χ2n) is 15.0. The molecular formula is C41H53N7O5. The highest BCUT2D eigenvalue weighted by Gasteiger charge is 2.85. The van der Waals surface area contributed by atoms with Crippen LogP contribution in [0.25, 0.3) is 0 Å². The van der Waals surface area contributed by atoms with Gasteiger partial charge in [-0.15, -0.1) is 0 Å². The van der Waals surface area contributed by atoms with Crippen molar-refractivity contribution in [2.24, 2.45) is 22.6 Å². The van der Waals surface area contributed by atoms with E-state index >= 15 is 0 Å². The summed E-state index contributed by atoms with van der Waals surface area (Å²) in [6, 6.07) is 6.47. The van der Waals surface area contributed by atoms with Gasteiger partial charge >= 0.3 is 5.97 Å². The van der Waals surface area contributed by atoms with Gasteiger partial charge in [0.15, 0.2) is 17.3 Å². The quantitative estimate of drug-likeness (QED) is 0.0467. The Balaban J connectivity index is 1.13. The molecule has 0 amide bonds. The first-order valence-electron chi connectivity index (χ1n) is 19.1. The molecule has 7 atom stereocenters. The number of fused-ring (bicyclic) bond motifs is 3. The Morgan fingerprint density at radius 1 is 1.21 bits per heavy atom. The van der Waals surface area contributed by atoms with Gasteiger partial charge in [-0.1, -0.05) is 67.1 Å². The second kappa shape index (κ2) is 15.1. The normalized spacial score (nSPS) is 31.1. The van der Waals surface area contributed by atoms with E-state index in [0.717, 1.165) is 55.6 Å². The standard InChI is InChI=1S/C41H53N7O5/c1-5-45-32-22-26-11-7-6-10-25(26)21-27(32)23-52-38(51)41-36(50)30-13-9-8-12-29(30)35(49)40(41,53-41)18-16-24(2)20-33(47-39(42)44-4)28-17-19-46-37-31(28)14-15-34(43-3)48-37/h7-9,11-13,16-17,22,25,27,32-34,43,45-46,48H,5-6,10,14-15,18-21,23H2,1-4H3,(H3,42,44,47)/b24-16+/t25-,27-,32+,33+,34+,40-,41-/m0/s1. The molecule has 3 aliphatic carbocycles. The number of Topliss-reactive ketones (excluding diaryl/α,β-unsaturated/α-hetero) is 2. The number of allylic oxidation sites excluding steroid dienone is 3. The van der Waals surface area contributed by atoms with Crippen molar-refractivity contribution in [1.82, 2.24) is 26.6 Å². The third-order valence-corrected chi connectivity index (χ3v) is 11.8. The van der Waals surface area contributed by atoms with Crippen molar-refractivity contribution in [2.45, 2.75) is 88.2 Å². The molecule has 0 bridgehead atoms. The number of nitrogens with one attached hydrogen (secondary N) is 5. The van der Waals surface area contributed by atoms with Gasteiger partial charge in [-0.3, -0.25) is 14.6 Å². The third kappa shape index (κ3) is 6.65. The van der Waals surface area contributed by atoms with Gasteiger partial charge in [0.1, 0.15) is 5.82 Å². The Bertz CT molecular complexity index is 1840. The summed E-state index contributed by atoms with van der Waals surface area (Å²) in [5.74, 6) is 0.0672. The molecule has 6 aliphatic rings. The summed E-state index contributed by atoms with van der Waals surface area (Å²) in [4.78, 5) is 46.9. The molecule has 53 heavy (non-hydrogen) atoms. The van der Waals surface area contributed by atoms with Gasteiger partial charge in [0.25, 0.3) is 5.60 Å². The van der Waals surface area contributed by atoms with Gasteiger partial charge in [-0.05, 0) is 81.7 Å². The Morgan fingerprint density at radius 3 is 2.75 bits per heavy atom. The number of benzene rings is 1. The molecule has 0 radical (unpaired) electrons. The van der Waals surface area contributed by atoms with Crippen molar-refractivity contribution in [3.05, 3.63) is 93.9 Å². The van der Waals surface area contributed by atoms with Crippen molar-refractivity contribution in [1.29, 1.82) is 0 Å². The highest BCUT2D eigenvalue weighted by atomic mass is 16.7. The first kappa shape index (κ1) is 36.8. The van der Waals surface area contributed by atoms with E-state index in [1.54, 1.807) is 31.3 Å². The lowest BCUT2D eigenvalue weighted by molar-refractivity contribution is -0.150. The maximum absolute atomic E-state index is 14.3. The zero-order valence-electron chi connectivity index (χ0n) is 31.2. The number of ether oxygens (including phenoxy) is 2. The lowest BCUT2D eigenvalue weighted by atomic mass is 9.72. The molecule has 0 unspecified atom stereocenters. The minimum atomic E-state index is -2.03. The minimum absolute atomic E-state index is 0.0273. The van der Waals surface area contributed by atoms with Gasteiger partial charge < -0.3 is 41.8 Å². The molecule has 0 saturated carbocycles. The highest BCUT2D eigenvalue weighted by Crippen LogP contribution is 2.58. The first-order chi connectivity index (χ1) is 25.6. The summed E-state index contributed by atoms with van der Waals surface area (Å²) in [5, 5.41) is 17.2. The van der Waals surface area contributed by atoms with E-state index in [4.69, 9.17) is 15.2 Å². The number of epoxide rings is 1. The number of hydrogen-bond acceptors (Lipinski definition) is 10. The van der Waals surface area contributed by atoms with Crippen LogP contribution in [0, 0.1) is 11.8 Å². The summed E-state index contributed by atoms with van der Waals surface area (Å²) in [5.41, 5.74) is 7.55. The molecule has 0 aromatic heterocycles. The average Bonchev–Trinajstić information content (AvgIpc) is 3.89. The molecule has 282 valence electrons. The lowest BCUT2D eigenvalue weighted by Crippen LogP contribution is -2.51. The summed E-state index contributed by atoms with van der Waals surface area (Å²) in [6.45, 7) is 5.59. The van der Waals surface area contributed by atoms with E-state index in [9.17, 15) is 14.4 Å². The molecule has 1 aromatic rings. The number of dihydropyridines is 1. The highest BCUT2D eigenvalue weighted by molar-refractivity contribution is 6.32. The number of carbonyl (C=O) groups excluding carboxylic acids is 3. The average molecular weight is 724 g/mol. The number of guanidine groups is 1. The smallest absolute Gasteiger partial charge is 0.350 e. The number of nitrogens with zero attached hydrogens (tertiary/aromatic N) is 1. The van der Waals surface area contributed by atoms with E-state index in [2.05, 4.69) is 62.8 Å². The summed E-state index contributed by atoms with van der Waals surface area (Å²) in [7, 11) is 3.59. The van der Waals surface area contributed by atoms with E-state index < -0.39 is 23.0 Å². The maximum atomic E-state index is 14.3. The van der Waals surface area contributed by atoms with Crippen LogP contribution in [0.15, 0.2) is 87.8 Å². The van der Waals surface area contributed by atoms with Crippen LogP contribution >= 0.6 is 0 Å².